The zero-order valence-electron chi connectivity index (χ0n) is 21.0. The van der Waals surface area contributed by atoms with Gasteiger partial charge in [0.25, 0.3) is 5.91 Å². The van der Waals surface area contributed by atoms with Crippen molar-refractivity contribution in [3.05, 3.63) is 113 Å². The number of hydrogen-bond acceptors (Lipinski definition) is 2. The molecule has 0 bridgehead atoms. The predicted molar refractivity (Wildman–Crippen MR) is 138 cm³/mol. The zero-order chi connectivity index (χ0) is 29.0. The van der Waals surface area contributed by atoms with Crippen LogP contribution in [0.4, 0.5) is 43.4 Å². The number of benzene rings is 4. The minimum absolute atomic E-state index is 0.0880. The second-order valence-electron chi connectivity index (χ2n) is 9.76. The first-order valence-corrected chi connectivity index (χ1v) is 12.0. The molecule has 10 heteroatoms. The third kappa shape index (κ3) is 4.49. The van der Waals surface area contributed by atoms with Gasteiger partial charge in [-0.15, -0.1) is 0 Å². The molecule has 5 rings (SSSR count). The van der Waals surface area contributed by atoms with Gasteiger partial charge in [-0.25, -0.2) is 13.2 Å². The maximum Gasteiger partial charge on any atom is 0.417 e. The highest BCUT2D eigenvalue weighted by atomic mass is 19.4. The molecule has 1 aliphatic rings. The molecule has 0 saturated heterocycles. The smallest absolute Gasteiger partial charge is 0.322 e. The first-order chi connectivity index (χ1) is 18.8. The quantitative estimate of drug-likeness (QED) is 0.260. The van der Waals surface area contributed by atoms with Gasteiger partial charge in [-0.3, -0.25) is 14.5 Å². The number of hydrogen-bond donors (Lipinski definition) is 1. The Morgan fingerprint density at radius 3 is 2.17 bits per heavy atom. The van der Waals surface area contributed by atoms with Crippen molar-refractivity contribution in [1.29, 1.82) is 0 Å². The number of anilines is 3. The molecule has 0 fully saturated rings. The van der Waals surface area contributed by atoms with Gasteiger partial charge in [0.15, 0.2) is 11.6 Å². The molecule has 2 amide bonds. The van der Waals surface area contributed by atoms with Crippen molar-refractivity contribution in [3.63, 3.8) is 0 Å². The third-order valence-electron chi connectivity index (χ3n) is 6.80. The van der Waals surface area contributed by atoms with Crippen molar-refractivity contribution < 1.29 is 35.9 Å². The topological polar surface area (TPSA) is 49.4 Å². The van der Waals surface area contributed by atoms with E-state index in [0.717, 1.165) is 35.2 Å². The molecule has 1 N–H and O–H groups in total. The zero-order valence-corrected chi connectivity index (χ0v) is 21.0. The molecule has 0 radical (unpaired) electrons. The molecule has 0 saturated carbocycles. The van der Waals surface area contributed by atoms with Crippen LogP contribution in [0.5, 0.6) is 0 Å². The van der Waals surface area contributed by atoms with E-state index in [0.29, 0.717) is 11.1 Å². The van der Waals surface area contributed by atoms with E-state index in [1.54, 1.807) is 19.9 Å². The summed E-state index contributed by atoms with van der Waals surface area (Å²) in [4.78, 5) is 27.6. The van der Waals surface area contributed by atoms with Crippen LogP contribution in [0.15, 0.2) is 78.9 Å². The van der Waals surface area contributed by atoms with E-state index in [9.17, 15) is 35.9 Å². The van der Waals surface area contributed by atoms with E-state index in [-0.39, 0.29) is 22.6 Å². The number of amides is 2. The summed E-state index contributed by atoms with van der Waals surface area (Å²) in [6.45, 7) is 3.14. The monoisotopic (exact) mass is 554 g/mol. The summed E-state index contributed by atoms with van der Waals surface area (Å²) in [6, 6.07) is 15.6. The van der Waals surface area contributed by atoms with E-state index in [1.165, 1.54) is 42.5 Å². The molecule has 204 valence electrons. The average Bonchev–Trinajstić information content (AvgIpc) is 3.11. The second-order valence-corrected chi connectivity index (χ2v) is 9.76. The highest BCUT2D eigenvalue weighted by Crippen LogP contribution is 2.50. The van der Waals surface area contributed by atoms with E-state index < -0.39 is 52.0 Å². The van der Waals surface area contributed by atoms with Gasteiger partial charge in [-0.2, -0.15) is 13.2 Å². The van der Waals surface area contributed by atoms with Gasteiger partial charge in [0.05, 0.1) is 27.9 Å². The molecule has 4 aromatic carbocycles. The van der Waals surface area contributed by atoms with E-state index in [4.69, 9.17) is 0 Å². The number of nitrogens with zero attached hydrogens (tertiary/aromatic N) is 1. The molecule has 0 aromatic heterocycles. The molecule has 1 aliphatic heterocycles. The molecule has 4 nitrogen and oxygen atoms in total. The Morgan fingerprint density at radius 1 is 0.850 bits per heavy atom. The first kappa shape index (κ1) is 27.0. The summed E-state index contributed by atoms with van der Waals surface area (Å²) in [5, 5.41) is 2.35. The maximum absolute atomic E-state index is 14.8. The Morgan fingerprint density at radius 2 is 1.50 bits per heavy atom. The van der Waals surface area contributed by atoms with Crippen molar-refractivity contribution in [2.45, 2.75) is 25.4 Å². The minimum atomic E-state index is -4.87. The molecule has 1 heterocycles. The fraction of sp³-hybridized carbons (Fsp3) is 0.133. The van der Waals surface area contributed by atoms with Gasteiger partial charge in [-0.05, 0) is 85.1 Å². The summed E-state index contributed by atoms with van der Waals surface area (Å²) in [5.41, 5.74) is -2.27. The number of carbonyl (C=O) groups excluding carboxylic acids is 2. The molecule has 4 aromatic rings. The van der Waals surface area contributed by atoms with Crippen LogP contribution < -0.4 is 10.2 Å². The highest BCUT2D eigenvalue weighted by molar-refractivity contribution is 6.14. The predicted octanol–water partition coefficient (Wildman–Crippen LogP) is 8.00. The van der Waals surface area contributed by atoms with Gasteiger partial charge in [0, 0.05) is 5.69 Å². The number of nitrogens with one attached hydrogen (secondary N) is 1. The Hall–Kier alpha value is -4.60. The highest BCUT2D eigenvalue weighted by Gasteiger charge is 2.47. The lowest BCUT2D eigenvalue weighted by molar-refractivity contribution is -0.137. The number of rotatable bonds is 4. The van der Waals surface area contributed by atoms with Crippen LogP contribution in [0.1, 0.15) is 35.3 Å². The number of alkyl halides is 3. The molecule has 0 spiro atoms. The normalized spacial score (nSPS) is 14.3. The van der Waals surface area contributed by atoms with Gasteiger partial charge >= 0.3 is 6.18 Å². The van der Waals surface area contributed by atoms with E-state index in [2.05, 4.69) is 5.32 Å². The SMILES string of the molecule is CC1(C)C(=O)N(c2cccc(F)c2F)c2cccc(-c3ccc(C(F)(F)F)c(C(=O)Nc4ccc(F)cc4)c3)c21. The summed E-state index contributed by atoms with van der Waals surface area (Å²) in [7, 11) is 0. The Bertz CT molecular complexity index is 1660. The van der Waals surface area contributed by atoms with Crippen LogP contribution in [0.3, 0.4) is 0 Å². The summed E-state index contributed by atoms with van der Waals surface area (Å²) < 4.78 is 83.7. The molecule has 0 atom stereocenters. The van der Waals surface area contributed by atoms with Gasteiger partial charge in [0.2, 0.25) is 5.91 Å². The summed E-state index contributed by atoms with van der Waals surface area (Å²) >= 11 is 0. The second kappa shape index (κ2) is 9.55. The van der Waals surface area contributed by atoms with Crippen LogP contribution in [-0.4, -0.2) is 11.8 Å². The molecule has 40 heavy (non-hydrogen) atoms. The maximum atomic E-state index is 14.8. The molecular formula is C30H20F6N2O2. The van der Waals surface area contributed by atoms with E-state index in [1.807, 2.05) is 0 Å². The first-order valence-electron chi connectivity index (χ1n) is 12.0. The molecule has 0 aliphatic carbocycles. The lowest BCUT2D eigenvalue weighted by Crippen LogP contribution is -2.33. The fourth-order valence-corrected chi connectivity index (χ4v) is 4.90. The Kier molecular flexibility index (Phi) is 6.44. The van der Waals surface area contributed by atoms with Crippen LogP contribution in [0.2, 0.25) is 0 Å². The van der Waals surface area contributed by atoms with Gasteiger partial charge < -0.3 is 5.32 Å². The van der Waals surface area contributed by atoms with Crippen molar-refractivity contribution in [1.82, 2.24) is 0 Å². The Balaban J connectivity index is 1.66. The van der Waals surface area contributed by atoms with Crippen LogP contribution in [0.25, 0.3) is 11.1 Å². The van der Waals surface area contributed by atoms with Crippen molar-refractivity contribution in [2.24, 2.45) is 0 Å². The van der Waals surface area contributed by atoms with Crippen LogP contribution in [-0.2, 0) is 16.4 Å². The Labute approximate surface area is 224 Å². The van der Waals surface area contributed by atoms with Crippen LogP contribution >= 0.6 is 0 Å². The number of fused-ring (bicyclic) bond motifs is 1. The fourth-order valence-electron chi connectivity index (χ4n) is 4.90. The largest absolute Gasteiger partial charge is 0.417 e. The third-order valence-corrected chi connectivity index (χ3v) is 6.80. The van der Waals surface area contributed by atoms with Gasteiger partial charge in [0.1, 0.15) is 5.82 Å². The van der Waals surface area contributed by atoms with Gasteiger partial charge in [-0.1, -0.05) is 24.3 Å². The van der Waals surface area contributed by atoms with E-state index >= 15 is 0 Å². The minimum Gasteiger partial charge on any atom is -0.322 e. The molecule has 0 unspecified atom stereocenters. The van der Waals surface area contributed by atoms with Crippen molar-refractivity contribution in [3.8, 4) is 11.1 Å². The summed E-state index contributed by atoms with van der Waals surface area (Å²) in [5.74, 6) is -4.60. The lowest BCUT2D eigenvalue weighted by atomic mass is 9.81. The number of halogens is 6. The summed E-state index contributed by atoms with van der Waals surface area (Å²) in [6.07, 6.45) is -4.87. The standard InChI is InChI=1S/C30H20F6N2O2/c1-29(2)25-19(5-3-7-23(25)38(28(29)40)24-8-4-6-22(32)26(24)33)16-9-14-21(30(34,35)36)20(15-16)27(39)37-18-12-10-17(31)11-13-18/h3-15H,1-2H3,(H,37,39). The number of carbonyl (C=O) groups is 2. The van der Waals surface area contributed by atoms with Crippen molar-refractivity contribution in [2.75, 3.05) is 10.2 Å². The van der Waals surface area contributed by atoms with Crippen molar-refractivity contribution >= 4 is 28.9 Å². The van der Waals surface area contributed by atoms with Crippen LogP contribution in [0, 0.1) is 17.5 Å². The molecular weight excluding hydrogens is 534 g/mol. The average molecular weight is 554 g/mol. The lowest BCUT2D eigenvalue weighted by Gasteiger charge is -2.21.